The van der Waals surface area contributed by atoms with Crippen molar-refractivity contribution in [2.45, 2.75) is 50.9 Å². The molecule has 1 saturated heterocycles. The van der Waals surface area contributed by atoms with Crippen LogP contribution >= 0.6 is 0 Å². The van der Waals surface area contributed by atoms with Crippen LogP contribution in [0.15, 0.2) is 36.5 Å². The van der Waals surface area contributed by atoms with Crippen molar-refractivity contribution in [1.82, 2.24) is 10.3 Å². The summed E-state index contributed by atoms with van der Waals surface area (Å²) in [5, 5.41) is 3.13. The summed E-state index contributed by atoms with van der Waals surface area (Å²) in [6.07, 6.45) is 4.26. The lowest BCUT2D eigenvalue weighted by Crippen LogP contribution is -2.45. The number of hydrogen-bond acceptors (Lipinski definition) is 5. The molecule has 1 N–H and O–H groups in total. The van der Waals surface area contributed by atoms with Crippen LogP contribution in [0.1, 0.15) is 42.7 Å². The molecule has 1 saturated carbocycles. The first-order valence-electron chi connectivity index (χ1n) is 10.4. The number of carbonyl (C=O) groups is 1. The lowest BCUT2D eigenvalue weighted by molar-refractivity contribution is -0.00522. The zero-order chi connectivity index (χ0) is 21.3. The summed E-state index contributed by atoms with van der Waals surface area (Å²) in [5.74, 6) is -0.362. The van der Waals surface area contributed by atoms with Crippen molar-refractivity contribution in [1.29, 1.82) is 0 Å². The van der Waals surface area contributed by atoms with Crippen LogP contribution < -0.4 is 15.0 Å². The quantitative estimate of drug-likeness (QED) is 0.787. The molecule has 0 bridgehead atoms. The van der Waals surface area contributed by atoms with Crippen molar-refractivity contribution in [2.75, 3.05) is 25.1 Å². The average molecular weight is 413 g/mol. The number of methoxy groups -OCH3 is 1. The van der Waals surface area contributed by atoms with Gasteiger partial charge in [-0.1, -0.05) is 6.07 Å². The Hall–Kier alpha value is -2.67. The van der Waals surface area contributed by atoms with E-state index in [-0.39, 0.29) is 35.2 Å². The Kier molecular flexibility index (Phi) is 5.64. The van der Waals surface area contributed by atoms with Gasteiger partial charge < -0.3 is 19.7 Å². The van der Waals surface area contributed by atoms with E-state index in [1.54, 1.807) is 12.3 Å². The van der Waals surface area contributed by atoms with Crippen molar-refractivity contribution in [2.24, 2.45) is 0 Å². The van der Waals surface area contributed by atoms with Gasteiger partial charge in [0.1, 0.15) is 5.69 Å². The van der Waals surface area contributed by atoms with Crippen molar-refractivity contribution in [3.63, 3.8) is 0 Å². The number of benzene rings is 1. The van der Waals surface area contributed by atoms with Gasteiger partial charge in [-0.3, -0.25) is 9.78 Å². The number of pyridine rings is 1. The highest BCUT2D eigenvalue weighted by molar-refractivity contribution is 5.94. The molecule has 1 amide bonds. The third-order valence-electron chi connectivity index (χ3n) is 5.75. The molecule has 0 unspecified atom stereocenters. The largest absolute Gasteiger partial charge is 0.494 e. The lowest BCUT2D eigenvalue weighted by Gasteiger charge is -2.36. The Bertz CT molecular complexity index is 922. The monoisotopic (exact) mass is 413 g/mol. The predicted molar refractivity (Wildman–Crippen MR) is 113 cm³/mol. The van der Waals surface area contributed by atoms with E-state index in [2.05, 4.69) is 29.0 Å². The van der Waals surface area contributed by atoms with E-state index in [9.17, 15) is 9.18 Å². The number of halogens is 1. The third-order valence-corrected chi connectivity index (χ3v) is 5.75. The molecule has 2 fully saturated rings. The standard InChI is InChI=1S/C23H28FN3O3/c1-15-13-27(14-16(2)30-15)18-6-9-25-20(11-18)22(28)26-23(7-8-23)12-17-4-5-21(29-3)19(24)10-17/h4-6,9-11,15-16H,7-8,12-14H2,1-3H3,(H,26,28)/t15-,16+. The summed E-state index contributed by atoms with van der Waals surface area (Å²) >= 11 is 0. The minimum Gasteiger partial charge on any atom is -0.494 e. The summed E-state index contributed by atoms with van der Waals surface area (Å²) < 4.78 is 24.8. The fraction of sp³-hybridized carbons (Fsp3) is 0.478. The minimum absolute atomic E-state index is 0.138. The Morgan fingerprint density at radius 3 is 2.63 bits per heavy atom. The zero-order valence-electron chi connectivity index (χ0n) is 17.7. The van der Waals surface area contributed by atoms with Gasteiger partial charge in [-0.15, -0.1) is 0 Å². The van der Waals surface area contributed by atoms with Crippen molar-refractivity contribution in [3.05, 3.63) is 53.6 Å². The molecule has 4 rings (SSSR count). The highest BCUT2D eigenvalue weighted by Gasteiger charge is 2.44. The number of rotatable bonds is 6. The number of aromatic nitrogens is 1. The molecule has 2 atom stereocenters. The van der Waals surface area contributed by atoms with E-state index in [1.165, 1.54) is 13.2 Å². The number of nitrogens with zero attached hydrogens (tertiary/aromatic N) is 2. The van der Waals surface area contributed by atoms with Crippen LogP contribution in [0.4, 0.5) is 10.1 Å². The predicted octanol–water partition coefficient (Wildman–Crippen LogP) is 3.35. The second kappa shape index (κ2) is 8.22. The Morgan fingerprint density at radius 2 is 2.00 bits per heavy atom. The molecule has 30 heavy (non-hydrogen) atoms. The van der Waals surface area contributed by atoms with Crippen molar-refractivity contribution >= 4 is 11.6 Å². The maximum Gasteiger partial charge on any atom is 0.270 e. The first kappa shape index (κ1) is 20.6. The maximum atomic E-state index is 14.0. The molecule has 2 aromatic rings. The van der Waals surface area contributed by atoms with Gasteiger partial charge in [-0.25, -0.2) is 4.39 Å². The molecule has 2 aliphatic rings. The number of hydrogen-bond donors (Lipinski definition) is 1. The van der Waals surface area contributed by atoms with Crippen LogP contribution in [-0.4, -0.2) is 48.8 Å². The van der Waals surface area contributed by atoms with Gasteiger partial charge in [0, 0.05) is 30.5 Å². The van der Waals surface area contributed by atoms with Crippen LogP contribution in [0.5, 0.6) is 5.75 Å². The van der Waals surface area contributed by atoms with Gasteiger partial charge in [0.2, 0.25) is 0 Å². The summed E-state index contributed by atoms with van der Waals surface area (Å²) in [5.41, 5.74) is 1.87. The molecule has 6 nitrogen and oxygen atoms in total. The molecule has 1 aromatic heterocycles. The minimum atomic E-state index is -0.388. The molecule has 7 heteroatoms. The normalized spacial score (nSPS) is 22.5. The van der Waals surface area contributed by atoms with Gasteiger partial charge in [0.25, 0.3) is 5.91 Å². The Labute approximate surface area is 176 Å². The molecule has 160 valence electrons. The average Bonchev–Trinajstić information content (AvgIpc) is 3.46. The molecule has 2 heterocycles. The zero-order valence-corrected chi connectivity index (χ0v) is 17.7. The smallest absolute Gasteiger partial charge is 0.270 e. The first-order valence-corrected chi connectivity index (χ1v) is 10.4. The van der Waals surface area contributed by atoms with Crippen LogP contribution in [0, 0.1) is 5.82 Å². The summed E-state index contributed by atoms with van der Waals surface area (Å²) in [6.45, 7) is 5.66. The number of anilines is 1. The number of carbonyl (C=O) groups excluding carboxylic acids is 1. The van der Waals surface area contributed by atoms with E-state index in [0.717, 1.165) is 37.2 Å². The number of ether oxygens (including phenoxy) is 2. The SMILES string of the molecule is COc1ccc(CC2(NC(=O)c3cc(N4C[C@@H](C)O[C@@H](C)C4)ccn3)CC2)cc1F. The number of amides is 1. The summed E-state index contributed by atoms with van der Waals surface area (Å²) in [4.78, 5) is 19.4. The lowest BCUT2D eigenvalue weighted by atomic mass is 10.0. The molecule has 1 aliphatic carbocycles. The van der Waals surface area contributed by atoms with Gasteiger partial charge in [0.15, 0.2) is 11.6 Å². The highest BCUT2D eigenvalue weighted by atomic mass is 19.1. The van der Waals surface area contributed by atoms with Crippen LogP contribution in [-0.2, 0) is 11.2 Å². The first-order chi connectivity index (χ1) is 14.4. The molecular formula is C23H28FN3O3. The van der Waals surface area contributed by atoms with Crippen LogP contribution in [0.3, 0.4) is 0 Å². The fourth-order valence-corrected chi connectivity index (χ4v) is 4.14. The van der Waals surface area contributed by atoms with E-state index in [0.29, 0.717) is 12.1 Å². The van der Waals surface area contributed by atoms with Crippen molar-refractivity contribution in [3.8, 4) is 5.75 Å². The summed E-state index contributed by atoms with van der Waals surface area (Å²) in [7, 11) is 1.44. The molecule has 1 aromatic carbocycles. The Balaban J connectivity index is 1.44. The molecule has 0 radical (unpaired) electrons. The number of morpholine rings is 1. The third kappa shape index (κ3) is 4.56. The van der Waals surface area contributed by atoms with Gasteiger partial charge in [0.05, 0.1) is 19.3 Å². The Morgan fingerprint density at radius 1 is 1.27 bits per heavy atom. The fourth-order valence-electron chi connectivity index (χ4n) is 4.14. The topological polar surface area (TPSA) is 63.7 Å². The second-order valence-electron chi connectivity index (χ2n) is 8.44. The molecule has 1 aliphatic heterocycles. The molecular weight excluding hydrogens is 385 g/mol. The van der Waals surface area contributed by atoms with Crippen LogP contribution in [0.2, 0.25) is 0 Å². The van der Waals surface area contributed by atoms with Gasteiger partial charge in [-0.05, 0) is 62.9 Å². The maximum absolute atomic E-state index is 14.0. The van der Waals surface area contributed by atoms with E-state index in [1.807, 2.05) is 18.2 Å². The second-order valence-corrected chi connectivity index (χ2v) is 8.44. The van der Waals surface area contributed by atoms with Gasteiger partial charge in [-0.2, -0.15) is 0 Å². The number of nitrogens with one attached hydrogen (secondary N) is 1. The van der Waals surface area contributed by atoms with Crippen molar-refractivity contribution < 1.29 is 18.7 Å². The van der Waals surface area contributed by atoms with E-state index in [4.69, 9.17) is 9.47 Å². The summed E-state index contributed by atoms with van der Waals surface area (Å²) in [6, 6.07) is 8.70. The van der Waals surface area contributed by atoms with E-state index >= 15 is 0 Å². The van der Waals surface area contributed by atoms with Crippen LogP contribution in [0.25, 0.3) is 0 Å². The van der Waals surface area contributed by atoms with Gasteiger partial charge >= 0.3 is 0 Å². The molecule has 0 spiro atoms. The highest BCUT2D eigenvalue weighted by Crippen LogP contribution is 2.39. The van der Waals surface area contributed by atoms with E-state index < -0.39 is 0 Å².